The number of halogens is 3. The molecule has 4 heteroatoms. The molecule has 1 nitrogen and oxygen atoms in total. The van der Waals surface area contributed by atoms with Gasteiger partial charge in [0.25, 0.3) is 6.43 Å². The number of hydrogen-bond acceptors (Lipinski definition) is 1. The zero-order valence-corrected chi connectivity index (χ0v) is 8.20. The quantitative estimate of drug-likeness (QED) is 0.675. The average Bonchev–Trinajstić information content (AvgIpc) is 2.09. The Morgan fingerprint density at radius 1 is 1.38 bits per heavy atom. The zero-order chi connectivity index (χ0) is 10.0. The van der Waals surface area contributed by atoms with E-state index in [0.717, 1.165) is 5.56 Å². The van der Waals surface area contributed by atoms with Crippen molar-refractivity contribution in [3.8, 4) is 0 Å². The molecular formula is C9H10ClF2N. The van der Waals surface area contributed by atoms with Crippen LogP contribution >= 0.6 is 11.6 Å². The van der Waals surface area contributed by atoms with Gasteiger partial charge in [0.15, 0.2) is 0 Å². The van der Waals surface area contributed by atoms with Crippen molar-refractivity contribution in [2.45, 2.75) is 26.2 Å². The summed E-state index contributed by atoms with van der Waals surface area (Å²) in [4.78, 5) is 3.87. The summed E-state index contributed by atoms with van der Waals surface area (Å²) in [6, 6.07) is 0. The van der Waals surface area contributed by atoms with Gasteiger partial charge in [0, 0.05) is 11.8 Å². The van der Waals surface area contributed by atoms with Gasteiger partial charge in [-0.1, -0.05) is 0 Å². The lowest BCUT2D eigenvalue weighted by Crippen LogP contribution is -1.99. The molecule has 1 aromatic heterocycles. The van der Waals surface area contributed by atoms with Gasteiger partial charge in [-0.2, -0.15) is 0 Å². The molecule has 0 radical (unpaired) electrons. The highest BCUT2D eigenvalue weighted by molar-refractivity contribution is 6.17. The minimum atomic E-state index is -2.46. The van der Waals surface area contributed by atoms with Gasteiger partial charge in [-0.15, -0.1) is 11.6 Å². The first-order valence-corrected chi connectivity index (χ1v) is 4.40. The van der Waals surface area contributed by atoms with Crippen molar-refractivity contribution in [3.63, 3.8) is 0 Å². The third-order valence-electron chi connectivity index (χ3n) is 2.15. The minimum Gasteiger partial charge on any atom is -0.259 e. The Morgan fingerprint density at radius 2 is 2.00 bits per heavy atom. The summed E-state index contributed by atoms with van der Waals surface area (Å²) >= 11 is 5.59. The average molecular weight is 206 g/mol. The number of nitrogens with zero attached hydrogens (tertiary/aromatic N) is 1. The fraction of sp³-hybridized carbons (Fsp3) is 0.444. The van der Waals surface area contributed by atoms with E-state index in [1.165, 1.54) is 6.20 Å². The number of pyridine rings is 1. The van der Waals surface area contributed by atoms with Gasteiger partial charge in [-0.05, 0) is 25.0 Å². The van der Waals surface area contributed by atoms with Crippen LogP contribution < -0.4 is 0 Å². The summed E-state index contributed by atoms with van der Waals surface area (Å²) in [5.41, 5.74) is 2.00. The number of alkyl halides is 3. The Labute approximate surface area is 80.7 Å². The van der Waals surface area contributed by atoms with E-state index in [0.29, 0.717) is 11.3 Å². The standard InChI is InChI=1S/C9H10ClF2N/c1-5-6(2)8(3-10)13-4-7(5)9(11)12/h4,9H,3H2,1-2H3. The Balaban J connectivity index is 3.23. The molecule has 0 fully saturated rings. The molecule has 0 aliphatic carbocycles. The summed E-state index contributed by atoms with van der Waals surface area (Å²) < 4.78 is 24.7. The second-order valence-electron chi connectivity index (χ2n) is 2.84. The third-order valence-corrected chi connectivity index (χ3v) is 2.40. The number of rotatable bonds is 2. The van der Waals surface area contributed by atoms with Crippen molar-refractivity contribution in [1.29, 1.82) is 0 Å². The van der Waals surface area contributed by atoms with E-state index in [1.807, 2.05) is 0 Å². The first kappa shape index (κ1) is 10.4. The van der Waals surface area contributed by atoms with E-state index in [9.17, 15) is 8.78 Å². The molecular weight excluding hydrogens is 196 g/mol. The molecule has 0 aromatic carbocycles. The lowest BCUT2D eigenvalue weighted by Gasteiger charge is -2.09. The summed E-state index contributed by atoms with van der Waals surface area (Å²) in [5, 5.41) is 0. The lowest BCUT2D eigenvalue weighted by atomic mass is 10.0. The van der Waals surface area contributed by atoms with Gasteiger partial charge in [-0.3, -0.25) is 4.98 Å². The highest BCUT2D eigenvalue weighted by Crippen LogP contribution is 2.25. The molecule has 1 heterocycles. The molecule has 13 heavy (non-hydrogen) atoms. The van der Waals surface area contributed by atoms with E-state index in [-0.39, 0.29) is 11.4 Å². The summed E-state index contributed by atoms with van der Waals surface area (Å²) in [6.45, 7) is 3.42. The Hall–Kier alpha value is -0.700. The van der Waals surface area contributed by atoms with Crippen LogP contribution in [0.3, 0.4) is 0 Å². The molecule has 0 unspecified atom stereocenters. The van der Waals surface area contributed by atoms with Crippen LogP contribution in [0.2, 0.25) is 0 Å². The van der Waals surface area contributed by atoms with Crippen molar-refractivity contribution in [2.24, 2.45) is 0 Å². The van der Waals surface area contributed by atoms with Crippen LogP contribution in [0.5, 0.6) is 0 Å². The number of aromatic nitrogens is 1. The molecule has 1 rings (SSSR count). The Kier molecular flexibility index (Phi) is 3.20. The molecule has 0 amide bonds. The van der Waals surface area contributed by atoms with Crippen LogP contribution in [0.25, 0.3) is 0 Å². The normalized spacial score (nSPS) is 10.9. The first-order chi connectivity index (χ1) is 6.07. The molecule has 72 valence electrons. The maximum Gasteiger partial charge on any atom is 0.265 e. The number of hydrogen-bond donors (Lipinski definition) is 0. The maximum atomic E-state index is 12.4. The van der Waals surface area contributed by atoms with Gasteiger partial charge in [-0.25, -0.2) is 8.78 Å². The molecule has 0 aliphatic rings. The molecule has 0 aliphatic heterocycles. The fourth-order valence-electron chi connectivity index (χ4n) is 1.13. The molecule has 0 atom stereocenters. The predicted octanol–water partition coefficient (Wildman–Crippen LogP) is 3.37. The fourth-order valence-corrected chi connectivity index (χ4v) is 1.40. The summed E-state index contributed by atoms with van der Waals surface area (Å²) in [6.07, 6.45) is -1.26. The van der Waals surface area contributed by atoms with Crippen molar-refractivity contribution < 1.29 is 8.78 Å². The van der Waals surface area contributed by atoms with Crippen LogP contribution in [0.1, 0.15) is 28.8 Å². The van der Waals surface area contributed by atoms with Gasteiger partial charge < -0.3 is 0 Å². The van der Waals surface area contributed by atoms with Crippen LogP contribution in [-0.4, -0.2) is 4.98 Å². The van der Waals surface area contributed by atoms with Crippen molar-refractivity contribution >= 4 is 11.6 Å². The maximum absolute atomic E-state index is 12.4. The van der Waals surface area contributed by atoms with E-state index < -0.39 is 6.43 Å². The van der Waals surface area contributed by atoms with E-state index in [2.05, 4.69) is 4.98 Å². The molecule has 0 saturated heterocycles. The summed E-state index contributed by atoms with van der Waals surface area (Å²) in [7, 11) is 0. The highest BCUT2D eigenvalue weighted by atomic mass is 35.5. The molecule has 0 bridgehead atoms. The van der Waals surface area contributed by atoms with Crippen LogP contribution in [-0.2, 0) is 5.88 Å². The highest BCUT2D eigenvalue weighted by Gasteiger charge is 2.14. The lowest BCUT2D eigenvalue weighted by molar-refractivity contribution is 0.150. The largest absolute Gasteiger partial charge is 0.265 e. The van der Waals surface area contributed by atoms with Crippen molar-refractivity contribution in [2.75, 3.05) is 0 Å². The second kappa shape index (κ2) is 4.01. The van der Waals surface area contributed by atoms with E-state index in [1.54, 1.807) is 13.8 Å². The van der Waals surface area contributed by atoms with Crippen LogP contribution in [0, 0.1) is 13.8 Å². The van der Waals surface area contributed by atoms with E-state index >= 15 is 0 Å². The van der Waals surface area contributed by atoms with Crippen LogP contribution in [0.15, 0.2) is 6.20 Å². The predicted molar refractivity (Wildman–Crippen MR) is 48.2 cm³/mol. The SMILES string of the molecule is Cc1c(C(F)F)cnc(CCl)c1C. The van der Waals surface area contributed by atoms with Gasteiger partial charge >= 0.3 is 0 Å². The topological polar surface area (TPSA) is 12.9 Å². The van der Waals surface area contributed by atoms with E-state index in [4.69, 9.17) is 11.6 Å². The van der Waals surface area contributed by atoms with Gasteiger partial charge in [0.05, 0.1) is 11.6 Å². The van der Waals surface area contributed by atoms with Gasteiger partial charge in [0.2, 0.25) is 0 Å². The van der Waals surface area contributed by atoms with Crippen molar-refractivity contribution in [1.82, 2.24) is 4.98 Å². The monoisotopic (exact) mass is 205 g/mol. The Morgan fingerprint density at radius 3 is 2.46 bits per heavy atom. The van der Waals surface area contributed by atoms with Crippen molar-refractivity contribution in [3.05, 3.63) is 28.6 Å². The third kappa shape index (κ3) is 1.97. The van der Waals surface area contributed by atoms with Crippen LogP contribution in [0.4, 0.5) is 8.78 Å². The first-order valence-electron chi connectivity index (χ1n) is 3.87. The minimum absolute atomic E-state index is 0.00799. The molecule has 0 spiro atoms. The van der Waals surface area contributed by atoms with Gasteiger partial charge in [0.1, 0.15) is 0 Å². The second-order valence-corrected chi connectivity index (χ2v) is 3.11. The summed E-state index contributed by atoms with van der Waals surface area (Å²) in [5.74, 6) is 0.260. The zero-order valence-electron chi connectivity index (χ0n) is 7.44. The molecule has 1 aromatic rings. The molecule has 0 N–H and O–H groups in total. The molecule has 0 saturated carbocycles. The smallest absolute Gasteiger partial charge is 0.259 e. The Bertz CT molecular complexity index is 313.